The van der Waals surface area contributed by atoms with Gasteiger partial charge < -0.3 is 15.4 Å². The number of nitrogens with one attached hydrogen (secondary N) is 2. The van der Waals surface area contributed by atoms with Crippen molar-refractivity contribution in [2.75, 3.05) is 6.54 Å². The molecule has 4 nitrogen and oxygen atoms in total. The number of amides is 1. The Balaban J connectivity index is 1.55. The average molecular weight is 338 g/mol. The van der Waals surface area contributed by atoms with E-state index in [0.717, 1.165) is 24.9 Å². The van der Waals surface area contributed by atoms with Crippen LogP contribution in [0.15, 0.2) is 54.6 Å². The van der Waals surface area contributed by atoms with Crippen molar-refractivity contribution in [2.45, 2.75) is 44.9 Å². The van der Waals surface area contributed by atoms with Crippen LogP contribution in [-0.2, 0) is 4.79 Å². The molecule has 1 heterocycles. The van der Waals surface area contributed by atoms with Gasteiger partial charge in [0.2, 0.25) is 0 Å². The van der Waals surface area contributed by atoms with Gasteiger partial charge in [0.15, 0.2) is 6.10 Å². The lowest BCUT2D eigenvalue weighted by Gasteiger charge is -2.29. The van der Waals surface area contributed by atoms with E-state index < -0.39 is 6.10 Å². The summed E-state index contributed by atoms with van der Waals surface area (Å²) in [7, 11) is 0. The van der Waals surface area contributed by atoms with Crippen LogP contribution in [0.4, 0.5) is 0 Å². The molecule has 1 aliphatic heterocycles. The number of carbonyl (C=O) groups is 1. The van der Waals surface area contributed by atoms with Gasteiger partial charge in [-0.15, -0.1) is 0 Å². The molecule has 1 amide bonds. The topological polar surface area (TPSA) is 50.4 Å². The third kappa shape index (κ3) is 4.83. The Morgan fingerprint density at radius 2 is 1.80 bits per heavy atom. The number of hydrogen-bond acceptors (Lipinski definition) is 3. The molecule has 3 unspecified atom stereocenters. The minimum absolute atomic E-state index is 0.0498. The van der Waals surface area contributed by atoms with Crippen LogP contribution in [0.5, 0.6) is 5.75 Å². The summed E-state index contributed by atoms with van der Waals surface area (Å²) in [5.74, 6) is 0.659. The fourth-order valence-electron chi connectivity index (χ4n) is 3.20. The first kappa shape index (κ1) is 17.5. The minimum atomic E-state index is -0.507. The number of piperidine rings is 1. The van der Waals surface area contributed by atoms with Crippen molar-refractivity contribution in [3.8, 4) is 16.9 Å². The van der Waals surface area contributed by atoms with Crippen LogP contribution >= 0.6 is 0 Å². The van der Waals surface area contributed by atoms with Crippen LogP contribution in [0.2, 0.25) is 0 Å². The molecule has 3 atom stereocenters. The largest absolute Gasteiger partial charge is 0.481 e. The molecular weight excluding hydrogens is 312 g/mol. The minimum Gasteiger partial charge on any atom is -0.481 e. The zero-order valence-corrected chi connectivity index (χ0v) is 14.9. The van der Waals surface area contributed by atoms with Gasteiger partial charge in [0.25, 0.3) is 5.91 Å². The molecule has 0 radical (unpaired) electrons. The molecule has 0 spiro atoms. The van der Waals surface area contributed by atoms with Gasteiger partial charge in [-0.2, -0.15) is 0 Å². The lowest BCUT2D eigenvalue weighted by Crippen LogP contribution is -2.49. The molecular formula is C21H26N2O2. The van der Waals surface area contributed by atoms with Crippen LogP contribution in [0.3, 0.4) is 0 Å². The first-order valence-electron chi connectivity index (χ1n) is 8.98. The maximum Gasteiger partial charge on any atom is 0.260 e. The normalized spacial score (nSPS) is 21.4. The van der Waals surface area contributed by atoms with Gasteiger partial charge in [-0.3, -0.25) is 4.79 Å². The fraction of sp³-hybridized carbons (Fsp3) is 0.381. The third-order valence-corrected chi connectivity index (χ3v) is 4.61. The lowest BCUT2D eigenvalue weighted by atomic mass is 10.0. The second kappa shape index (κ2) is 8.17. The second-order valence-corrected chi connectivity index (χ2v) is 6.74. The Bertz CT molecular complexity index is 685. The monoisotopic (exact) mass is 338 g/mol. The predicted molar refractivity (Wildman–Crippen MR) is 101 cm³/mol. The highest BCUT2D eigenvalue weighted by Gasteiger charge is 2.23. The van der Waals surface area contributed by atoms with Gasteiger partial charge >= 0.3 is 0 Å². The molecule has 0 aliphatic carbocycles. The summed E-state index contributed by atoms with van der Waals surface area (Å²) < 4.78 is 5.81. The molecule has 1 aliphatic rings. The van der Waals surface area contributed by atoms with E-state index in [1.165, 1.54) is 5.56 Å². The maximum atomic E-state index is 12.4. The van der Waals surface area contributed by atoms with E-state index in [0.29, 0.717) is 11.8 Å². The maximum absolute atomic E-state index is 12.4. The van der Waals surface area contributed by atoms with Crippen molar-refractivity contribution < 1.29 is 9.53 Å². The quantitative estimate of drug-likeness (QED) is 0.879. The van der Waals surface area contributed by atoms with E-state index >= 15 is 0 Å². The van der Waals surface area contributed by atoms with Crippen molar-refractivity contribution in [3.63, 3.8) is 0 Å². The molecule has 132 valence electrons. The third-order valence-electron chi connectivity index (χ3n) is 4.61. The van der Waals surface area contributed by atoms with Crippen molar-refractivity contribution in [3.05, 3.63) is 54.6 Å². The molecule has 0 saturated carbocycles. The first-order valence-corrected chi connectivity index (χ1v) is 8.98. The summed E-state index contributed by atoms with van der Waals surface area (Å²) in [6, 6.07) is 18.7. The average Bonchev–Trinajstić information content (AvgIpc) is 2.63. The number of benzene rings is 2. The Morgan fingerprint density at radius 3 is 2.48 bits per heavy atom. The van der Waals surface area contributed by atoms with Gasteiger partial charge in [0.1, 0.15) is 5.75 Å². The molecule has 2 aromatic rings. The number of carbonyl (C=O) groups excluding carboxylic acids is 1. The zero-order valence-electron chi connectivity index (χ0n) is 14.9. The first-order chi connectivity index (χ1) is 12.1. The van der Waals surface area contributed by atoms with E-state index in [1.807, 2.05) is 42.5 Å². The van der Waals surface area contributed by atoms with Crippen LogP contribution in [0, 0.1) is 0 Å². The molecule has 25 heavy (non-hydrogen) atoms. The van der Waals surface area contributed by atoms with Crippen molar-refractivity contribution >= 4 is 5.91 Å². The van der Waals surface area contributed by atoms with Gasteiger partial charge in [-0.25, -0.2) is 0 Å². The zero-order chi connectivity index (χ0) is 17.6. The van der Waals surface area contributed by atoms with Gasteiger partial charge in [0.05, 0.1) is 0 Å². The molecule has 3 rings (SSSR count). The van der Waals surface area contributed by atoms with Crippen LogP contribution in [0.25, 0.3) is 11.1 Å². The lowest BCUT2D eigenvalue weighted by molar-refractivity contribution is -0.128. The molecule has 4 heteroatoms. The molecule has 2 aromatic carbocycles. The van der Waals surface area contributed by atoms with Gasteiger partial charge in [-0.05, 0) is 56.5 Å². The van der Waals surface area contributed by atoms with E-state index in [4.69, 9.17) is 4.74 Å². The molecule has 0 bridgehead atoms. The summed E-state index contributed by atoms with van der Waals surface area (Å²) in [5.41, 5.74) is 2.30. The molecule has 0 aromatic heterocycles. The van der Waals surface area contributed by atoms with Gasteiger partial charge in [0, 0.05) is 12.1 Å². The second-order valence-electron chi connectivity index (χ2n) is 6.74. The SMILES string of the molecule is CC1CC(NC(=O)C(C)Oc2ccc(-c3ccccc3)cc2)CCN1. The molecule has 2 N–H and O–H groups in total. The van der Waals surface area contributed by atoms with Crippen LogP contribution < -0.4 is 15.4 Å². The van der Waals surface area contributed by atoms with Crippen molar-refractivity contribution in [2.24, 2.45) is 0 Å². The summed E-state index contributed by atoms with van der Waals surface area (Å²) in [6.45, 7) is 4.89. The van der Waals surface area contributed by atoms with E-state index in [9.17, 15) is 4.79 Å². The van der Waals surface area contributed by atoms with Crippen LogP contribution in [0.1, 0.15) is 26.7 Å². The van der Waals surface area contributed by atoms with Crippen LogP contribution in [-0.4, -0.2) is 30.6 Å². The Labute approximate surface area is 149 Å². The summed E-state index contributed by atoms with van der Waals surface area (Å²) in [5, 5.41) is 6.49. The smallest absolute Gasteiger partial charge is 0.260 e. The highest BCUT2D eigenvalue weighted by atomic mass is 16.5. The van der Waals surface area contributed by atoms with E-state index in [-0.39, 0.29) is 11.9 Å². The number of ether oxygens (including phenoxy) is 1. The van der Waals surface area contributed by atoms with E-state index in [1.54, 1.807) is 6.92 Å². The Morgan fingerprint density at radius 1 is 1.12 bits per heavy atom. The summed E-state index contributed by atoms with van der Waals surface area (Å²) in [6.07, 6.45) is 1.42. The Kier molecular flexibility index (Phi) is 5.71. The van der Waals surface area contributed by atoms with Crippen molar-refractivity contribution in [1.29, 1.82) is 0 Å². The van der Waals surface area contributed by atoms with E-state index in [2.05, 4.69) is 29.7 Å². The van der Waals surface area contributed by atoms with Crippen molar-refractivity contribution in [1.82, 2.24) is 10.6 Å². The number of rotatable bonds is 5. The number of hydrogen-bond donors (Lipinski definition) is 2. The fourth-order valence-corrected chi connectivity index (χ4v) is 3.20. The highest BCUT2D eigenvalue weighted by Crippen LogP contribution is 2.22. The summed E-state index contributed by atoms with van der Waals surface area (Å²) in [4.78, 5) is 12.4. The summed E-state index contributed by atoms with van der Waals surface area (Å²) >= 11 is 0. The Hall–Kier alpha value is -2.33. The predicted octanol–water partition coefficient (Wildman–Crippen LogP) is 3.38. The molecule has 1 saturated heterocycles. The van der Waals surface area contributed by atoms with Gasteiger partial charge in [-0.1, -0.05) is 42.5 Å². The highest BCUT2D eigenvalue weighted by molar-refractivity contribution is 5.81. The molecule has 1 fully saturated rings. The standard InChI is InChI=1S/C21H26N2O2/c1-15-14-19(12-13-22-15)23-21(24)16(2)25-20-10-8-18(9-11-20)17-6-4-3-5-7-17/h3-11,15-16,19,22H,12-14H2,1-2H3,(H,23,24).